The van der Waals surface area contributed by atoms with Crippen molar-refractivity contribution in [1.82, 2.24) is 0 Å². The Labute approximate surface area is 93.2 Å². The van der Waals surface area contributed by atoms with E-state index in [-0.39, 0.29) is 5.56 Å². The molecule has 1 rings (SSSR count). The number of halogens is 1. The SMILES string of the molecule is CCN(C)c1c(Cl)cc(N)cc1C(=O)O. The van der Waals surface area contributed by atoms with Crippen LogP contribution in [0, 0.1) is 0 Å². The number of rotatable bonds is 3. The van der Waals surface area contributed by atoms with Crippen molar-refractivity contribution in [2.24, 2.45) is 0 Å². The molecule has 0 spiro atoms. The summed E-state index contributed by atoms with van der Waals surface area (Å²) in [5, 5.41) is 9.38. The number of carboxylic acids is 1. The lowest BCUT2D eigenvalue weighted by Crippen LogP contribution is -2.19. The largest absolute Gasteiger partial charge is 0.478 e. The van der Waals surface area contributed by atoms with Gasteiger partial charge in [-0.2, -0.15) is 0 Å². The number of aromatic carboxylic acids is 1. The van der Waals surface area contributed by atoms with Gasteiger partial charge in [-0.1, -0.05) is 11.6 Å². The van der Waals surface area contributed by atoms with E-state index in [2.05, 4.69) is 0 Å². The van der Waals surface area contributed by atoms with Crippen LogP contribution in [0.4, 0.5) is 11.4 Å². The number of anilines is 2. The van der Waals surface area contributed by atoms with Gasteiger partial charge in [-0.05, 0) is 19.1 Å². The van der Waals surface area contributed by atoms with Gasteiger partial charge in [-0.25, -0.2) is 4.79 Å². The van der Waals surface area contributed by atoms with Crippen LogP contribution >= 0.6 is 11.6 Å². The summed E-state index contributed by atoms with van der Waals surface area (Å²) in [6, 6.07) is 2.96. The van der Waals surface area contributed by atoms with E-state index in [1.165, 1.54) is 6.07 Å². The quantitative estimate of drug-likeness (QED) is 0.778. The zero-order valence-corrected chi connectivity index (χ0v) is 9.38. The van der Waals surface area contributed by atoms with Gasteiger partial charge < -0.3 is 15.7 Å². The van der Waals surface area contributed by atoms with Crippen LogP contribution in [0.25, 0.3) is 0 Å². The maximum absolute atomic E-state index is 11.0. The normalized spacial score (nSPS) is 10.1. The van der Waals surface area contributed by atoms with Crippen molar-refractivity contribution in [3.8, 4) is 0 Å². The Balaban J connectivity index is 3.39. The third-order valence-corrected chi connectivity index (χ3v) is 2.46. The summed E-state index contributed by atoms with van der Waals surface area (Å²) in [6.45, 7) is 2.59. The maximum atomic E-state index is 11.0. The predicted molar refractivity (Wildman–Crippen MR) is 61.8 cm³/mol. The molecule has 0 radical (unpaired) electrons. The van der Waals surface area contributed by atoms with Gasteiger partial charge in [0.2, 0.25) is 0 Å². The molecule has 0 unspecified atom stereocenters. The van der Waals surface area contributed by atoms with Crippen molar-refractivity contribution in [3.63, 3.8) is 0 Å². The molecule has 0 bridgehead atoms. The Hall–Kier alpha value is -1.42. The first-order valence-corrected chi connectivity index (χ1v) is 4.88. The second-order valence-electron chi connectivity index (χ2n) is 3.22. The summed E-state index contributed by atoms with van der Waals surface area (Å²) in [6.07, 6.45) is 0. The smallest absolute Gasteiger partial charge is 0.337 e. The molecule has 3 N–H and O–H groups in total. The van der Waals surface area contributed by atoms with Gasteiger partial charge in [-0.3, -0.25) is 0 Å². The van der Waals surface area contributed by atoms with E-state index in [4.69, 9.17) is 22.4 Å². The highest BCUT2D eigenvalue weighted by atomic mass is 35.5. The van der Waals surface area contributed by atoms with Crippen molar-refractivity contribution in [3.05, 3.63) is 22.7 Å². The average Bonchev–Trinajstić information content (AvgIpc) is 2.15. The van der Waals surface area contributed by atoms with Gasteiger partial charge >= 0.3 is 5.97 Å². The molecule has 0 saturated heterocycles. The Morgan fingerprint density at radius 2 is 2.20 bits per heavy atom. The molecule has 1 aromatic rings. The maximum Gasteiger partial charge on any atom is 0.337 e. The van der Waals surface area contributed by atoms with Crippen LogP contribution in [0.1, 0.15) is 17.3 Å². The Morgan fingerprint density at radius 1 is 1.60 bits per heavy atom. The number of hydrogen-bond acceptors (Lipinski definition) is 3. The van der Waals surface area contributed by atoms with Gasteiger partial charge in [0, 0.05) is 19.3 Å². The highest BCUT2D eigenvalue weighted by Gasteiger charge is 2.17. The lowest BCUT2D eigenvalue weighted by atomic mass is 10.1. The zero-order chi connectivity index (χ0) is 11.6. The Bertz CT molecular complexity index is 393. The number of hydrogen-bond donors (Lipinski definition) is 2. The highest BCUT2D eigenvalue weighted by Crippen LogP contribution is 2.31. The summed E-state index contributed by atoms with van der Waals surface area (Å²) in [5.41, 5.74) is 6.52. The van der Waals surface area contributed by atoms with Crippen molar-refractivity contribution in [2.75, 3.05) is 24.2 Å². The molecule has 82 valence electrons. The lowest BCUT2D eigenvalue weighted by Gasteiger charge is -2.20. The fourth-order valence-electron chi connectivity index (χ4n) is 1.33. The first kappa shape index (κ1) is 11.7. The molecule has 0 fully saturated rings. The molecule has 1 aromatic carbocycles. The number of nitrogens with two attached hydrogens (primary N) is 1. The molecule has 0 heterocycles. The molecule has 0 aliphatic heterocycles. The van der Waals surface area contributed by atoms with Crippen LogP contribution in [0.5, 0.6) is 0 Å². The minimum atomic E-state index is -1.03. The molecular formula is C10H13ClN2O2. The van der Waals surface area contributed by atoms with Crippen LogP contribution < -0.4 is 10.6 Å². The van der Waals surface area contributed by atoms with Crippen LogP contribution in [-0.2, 0) is 0 Å². The topological polar surface area (TPSA) is 66.6 Å². The van der Waals surface area contributed by atoms with E-state index < -0.39 is 5.97 Å². The number of nitrogen functional groups attached to an aromatic ring is 1. The van der Waals surface area contributed by atoms with E-state index in [0.29, 0.717) is 22.9 Å². The van der Waals surface area contributed by atoms with Crippen LogP contribution in [0.2, 0.25) is 5.02 Å². The molecule has 15 heavy (non-hydrogen) atoms. The standard InChI is InChI=1S/C10H13ClN2O2/c1-3-13(2)9-7(10(14)15)4-6(12)5-8(9)11/h4-5H,3,12H2,1-2H3,(H,14,15). The Morgan fingerprint density at radius 3 is 2.67 bits per heavy atom. The fraction of sp³-hybridized carbons (Fsp3) is 0.300. The van der Waals surface area contributed by atoms with Crippen LogP contribution in [-0.4, -0.2) is 24.7 Å². The summed E-state index contributed by atoms with van der Waals surface area (Å²) in [7, 11) is 1.78. The second-order valence-corrected chi connectivity index (χ2v) is 3.63. The predicted octanol–water partition coefficient (Wildman–Crippen LogP) is 2.08. The van der Waals surface area contributed by atoms with Gasteiger partial charge in [0.25, 0.3) is 0 Å². The average molecular weight is 229 g/mol. The molecule has 4 nitrogen and oxygen atoms in total. The fourth-order valence-corrected chi connectivity index (χ4v) is 1.70. The first-order valence-electron chi connectivity index (χ1n) is 4.50. The zero-order valence-electron chi connectivity index (χ0n) is 8.62. The Kier molecular flexibility index (Phi) is 3.42. The minimum absolute atomic E-state index is 0.129. The first-order chi connectivity index (χ1) is 6.97. The number of carbonyl (C=O) groups is 1. The summed E-state index contributed by atoms with van der Waals surface area (Å²) < 4.78 is 0. The number of benzene rings is 1. The molecule has 0 amide bonds. The van der Waals surface area contributed by atoms with Crippen molar-refractivity contribution >= 4 is 28.9 Å². The van der Waals surface area contributed by atoms with Crippen molar-refractivity contribution in [2.45, 2.75) is 6.92 Å². The molecule has 0 atom stereocenters. The summed E-state index contributed by atoms with van der Waals surface area (Å²) in [4.78, 5) is 12.8. The number of nitrogens with zero attached hydrogens (tertiary/aromatic N) is 1. The third-order valence-electron chi connectivity index (χ3n) is 2.17. The highest BCUT2D eigenvalue weighted by molar-refractivity contribution is 6.34. The summed E-state index contributed by atoms with van der Waals surface area (Å²) >= 11 is 5.97. The van der Waals surface area contributed by atoms with Gasteiger partial charge in [-0.15, -0.1) is 0 Å². The number of carboxylic acid groups (broad SMARTS) is 1. The van der Waals surface area contributed by atoms with Gasteiger partial charge in [0.05, 0.1) is 16.3 Å². The van der Waals surface area contributed by atoms with Crippen LogP contribution in [0.15, 0.2) is 12.1 Å². The summed E-state index contributed by atoms with van der Waals surface area (Å²) in [5.74, 6) is -1.03. The van der Waals surface area contributed by atoms with E-state index in [1.807, 2.05) is 6.92 Å². The molecule has 0 saturated carbocycles. The molecule has 0 aliphatic carbocycles. The van der Waals surface area contributed by atoms with Gasteiger partial charge in [0.1, 0.15) is 0 Å². The second kappa shape index (κ2) is 4.40. The third kappa shape index (κ3) is 2.33. The molecule has 5 heteroatoms. The molecule has 0 aliphatic rings. The lowest BCUT2D eigenvalue weighted by molar-refractivity contribution is 0.0697. The minimum Gasteiger partial charge on any atom is -0.478 e. The van der Waals surface area contributed by atoms with Crippen LogP contribution in [0.3, 0.4) is 0 Å². The van der Waals surface area contributed by atoms with E-state index in [0.717, 1.165) is 0 Å². The van der Waals surface area contributed by atoms with Crippen molar-refractivity contribution < 1.29 is 9.90 Å². The van der Waals surface area contributed by atoms with Gasteiger partial charge in [0.15, 0.2) is 0 Å². The van der Waals surface area contributed by atoms with E-state index in [9.17, 15) is 4.79 Å². The monoisotopic (exact) mass is 228 g/mol. The molecule has 0 aromatic heterocycles. The van der Waals surface area contributed by atoms with E-state index in [1.54, 1.807) is 18.0 Å². The van der Waals surface area contributed by atoms with Crippen molar-refractivity contribution in [1.29, 1.82) is 0 Å². The molecular weight excluding hydrogens is 216 g/mol. The van der Waals surface area contributed by atoms with E-state index >= 15 is 0 Å².